The molecule has 11 heavy (non-hydrogen) atoms. The lowest BCUT2D eigenvalue weighted by Gasteiger charge is -2.00. The highest BCUT2D eigenvalue weighted by molar-refractivity contribution is 9.09. The van der Waals surface area contributed by atoms with E-state index in [2.05, 4.69) is 20.9 Å². The summed E-state index contributed by atoms with van der Waals surface area (Å²) in [6.07, 6.45) is 2.36. The molecule has 0 N–H and O–H groups in total. The first-order valence-electron chi connectivity index (χ1n) is 2.95. The molecular weight excluding hydrogens is 229 g/mol. The van der Waals surface area contributed by atoms with Crippen LogP contribution in [0.2, 0.25) is 5.15 Å². The highest BCUT2D eigenvalue weighted by Gasteiger charge is 2.04. The fraction of sp³-hybridized carbons (Fsp3) is 0.143. The molecule has 2 nitrogen and oxygen atoms in total. The summed E-state index contributed by atoms with van der Waals surface area (Å²) in [5, 5.41) is 0.397. The maximum absolute atomic E-state index is 10.3. The third-order valence-corrected chi connectivity index (χ3v) is 2.14. The quantitative estimate of drug-likeness (QED) is 0.447. The lowest BCUT2D eigenvalue weighted by molar-refractivity contribution is -0.107. The Balaban J connectivity index is 2.95. The summed E-state index contributed by atoms with van der Waals surface area (Å²) in [5.74, 6) is 0. The predicted octanol–water partition coefficient (Wildman–Crippen LogP) is 2.37. The number of pyridine rings is 1. The second-order valence-corrected chi connectivity index (χ2v) is 3.32. The number of aldehydes is 1. The van der Waals surface area contributed by atoms with Gasteiger partial charge in [0.05, 0.1) is 4.83 Å². The topological polar surface area (TPSA) is 30.0 Å². The second kappa shape index (κ2) is 3.83. The molecule has 0 fully saturated rings. The SMILES string of the molecule is O=CC(Br)c1ccnc(Cl)c1. The largest absolute Gasteiger partial charge is 0.302 e. The van der Waals surface area contributed by atoms with E-state index in [4.69, 9.17) is 11.6 Å². The fourth-order valence-electron chi connectivity index (χ4n) is 0.668. The number of halogens is 2. The molecule has 1 aromatic heterocycles. The lowest BCUT2D eigenvalue weighted by atomic mass is 10.2. The van der Waals surface area contributed by atoms with Gasteiger partial charge >= 0.3 is 0 Å². The number of carbonyl (C=O) groups is 1. The zero-order valence-electron chi connectivity index (χ0n) is 5.50. The van der Waals surface area contributed by atoms with Crippen LogP contribution in [0.25, 0.3) is 0 Å². The van der Waals surface area contributed by atoms with E-state index in [0.717, 1.165) is 11.8 Å². The average molecular weight is 234 g/mol. The molecule has 0 amide bonds. The van der Waals surface area contributed by atoms with Gasteiger partial charge < -0.3 is 4.79 Å². The van der Waals surface area contributed by atoms with Gasteiger partial charge in [0, 0.05) is 6.20 Å². The van der Waals surface area contributed by atoms with Crippen LogP contribution in [0.15, 0.2) is 18.3 Å². The Morgan fingerprint density at radius 3 is 3.00 bits per heavy atom. The number of carbonyl (C=O) groups excluding carboxylic acids is 1. The van der Waals surface area contributed by atoms with E-state index in [9.17, 15) is 4.79 Å². The molecule has 0 aromatic carbocycles. The molecule has 0 saturated heterocycles. The van der Waals surface area contributed by atoms with Crippen LogP contribution in [0.1, 0.15) is 10.4 Å². The van der Waals surface area contributed by atoms with Crippen molar-refractivity contribution in [2.75, 3.05) is 0 Å². The van der Waals surface area contributed by atoms with Crippen LogP contribution in [-0.4, -0.2) is 11.3 Å². The normalized spacial score (nSPS) is 12.5. The van der Waals surface area contributed by atoms with E-state index in [0.29, 0.717) is 5.15 Å². The lowest BCUT2D eigenvalue weighted by Crippen LogP contribution is -1.90. The van der Waals surface area contributed by atoms with Gasteiger partial charge in [0.25, 0.3) is 0 Å². The molecule has 0 aliphatic heterocycles. The van der Waals surface area contributed by atoms with Crippen LogP contribution in [0, 0.1) is 0 Å². The summed E-state index contributed by atoms with van der Waals surface area (Å²) in [7, 11) is 0. The molecular formula is C7H5BrClNO. The molecule has 1 atom stereocenters. The summed E-state index contributed by atoms with van der Waals surface area (Å²) in [6.45, 7) is 0. The number of rotatable bonds is 2. The third kappa shape index (κ3) is 2.27. The molecule has 58 valence electrons. The van der Waals surface area contributed by atoms with Gasteiger partial charge in [0.15, 0.2) is 0 Å². The Hall–Kier alpha value is -0.410. The van der Waals surface area contributed by atoms with Crippen molar-refractivity contribution in [3.05, 3.63) is 29.0 Å². The Kier molecular flexibility index (Phi) is 3.02. The predicted molar refractivity (Wildman–Crippen MR) is 47.0 cm³/mol. The molecule has 4 heteroatoms. The van der Waals surface area contributed by atoms with Crippen LogP contribution in [-0.2, 0) is 4.79 Å². The molecule has 0 aliphatic rings. The van der Waals surface area contributed by atoms with Crippen LogP contribution in [0.4, 0.5) is 0 Å². The van der Waals surface area contributed by atoms with Gasteiger partial charge in [0.1, 0.15) is 11.4 Å². The highest BCUT2D eigenvalue weighted by Crippen LogP contribution is 2.21. The molecule has 0 bridgehead atoms. The van der Waals surface area contributed by atoms with E-state index in [1.165, 1.54) is 0 Å². The van der Waals surface area contributed by atoms with Crippen LogP contribution >= 0.6 is 27.5 Å². The summed E-state index contributed by atoms with van der Waals surface area (Å²) < 4.78 is 0. The van der Waals surface area contributed by atoms with Crippen molar-refractivity contribution in [1.29, 1.82) is 0 Å². The van der Waals surface area contributed by atoms with Crippen molar-refractivity contribution in [3.63, 3.8) is 0 Å². The number of nitrogens with zero attached hydrogens (tertiary/aromatic N) is 1. The second-order valence-electron chi connectivity index (χ2n) is 1.95. The maximum Gasteiger partial charge on any atom is 0.138 e. The van der Waals surface area contributed by atoms with Crippen molar-refractivity contribution >= 4 is 33.8 Å². The summed E-state index contributed by atoms with van der Waals surface area (Å²) >= 11 is 8.76. The molecule has 0 radical (unpaired) electrons. The molecule has 1 unspecified atom stereocenters. The van der Waals surface area contributed by atoms with E-state index in [1.807, 2.05) is 0 Å². The van der Waals surface area contributed by atoms with Gasteiger partial charge in [-0.05, 0) is 17.7 Å². The summed E-state index contributed by atoms with van der Waals surface area (Å²) in [4.78, 5) is 13.8. The smallest absolute Gasteiger partial charge is 0.138 e. The van der Waals surface area contributed by atoms with Crippen molar-refractivity contribution < 1.29 is 4.79 Å². The highest BCUT2D eigenvalue weighted by atomic mass is 79.9. The first kappa shape index (κ1) is 8.68. The molecule has 1 rings (SSSR count). The minimum Gasteiger partial charge on any atom is -0.302 e. The number of aromatic nitrogens is 1. The zero-order chi connectivity index (χ0) is 8.27. The zero-order valence-corrected chi connectivity index (χ0v) is 7.84. The van der Waals surface area contributed by atoms with Gasteiger partial charge in [-0.3, -0.25) is 0 Å². The van der Waals surface area contributed by atoms with Crippen molar-refractivity contribution in [2.24, 2.45) is 0 Å². The van der Waals surface area contributed by atoms with Gasteiger partial charge in [0.2, 0.25) is 0 Å². The molecule has 1 heterocycles. The summed E-state index contributed by atoms with van der Waals surface area (Å²) in [5.41, 5.74) is 0.819. The third-order valence-electron chi connectivity index (χ3n) is 1.19. The number of hydrogen-bond acceptors (Lipinski definition) is 2. The van der Waals surface area contributed by atoms with E-state index < -0.39 is 0 Å². The van der Waals surface area contributed by atoms with Crippen LogP contribution in [0.3, 0.4) is 0 Å². The monoisotopic (exact) mass is 233 g/mol. The minimum absolute atomic E-state index is 0.289. The summed E-state index contributed by atoms with van der Waals surface area (Å²) in [6, 6.07) is 3.38. The Morgan fingerprint density at radius 2 is 2.45 bits per heavy atom. The standard InChI is InChI=1S/C7H5BrClNO/c8-6(4-11)5-1-2-10-7(9)3-5/h1-4,6H. The van der Waals surface area contributed by atoms with Crippen LogP contribution in [0.5, 0.6) is 0 Å². The van der Waals surface area contributed by atoms with Gasteiger partial charge in [-0.15, -0.1) is 0 Å². The van der Waals surface area contributed by atoms with Gasteiger partial charge in [-0.2, -0.15) is 0 Å². The van der Waals surface area contributed by atoms with Gasteiger partial charge in [-0.1, -0.05) is 27.5 Å². The van der Waals surface area contributed by atoms with Crippen LogP contribution < -0.4 is 0 Å². The van der Waals surface area contributed by atoms with Crippen molar-refractivity contribution in [1.82, 2.24) is 4.98 Å². The number of alkyl halides is 1. The van der Waals surface area contributed by atoms with E-state index in [1.54, 1.807) is 18.3 Å². The fourth-order valence-corrected chi connectivity index (χ4v) is 1.13. The van der Waals surface area contributed by atoms with E-state index in [-0.39, 0.29) is 4.83 Å². The minimum atomic E-state index is -0.289. The first-order valence-corrected chi connectivity index (χ1v) is 4.24. The van der Waals surface area contributed by atoms with E-state index >= 15 is 0 Å². The Labute approximate surface area is 77.7 Å². The molecule has 0 saturated carbocycles. The first-order chi connectivity index (χ1) is 5.24. The molecule has 0 aliphatic carbocycles. The van der Waals surface area contributed by atoms with Gasteiger partial charge in [-0.25, -0.2) is 4.98 Å². The molecule has 0 spiro atoms. The number of hydrogen-bond donors (Lipinski definition) is 0. The maximum atomic E-state index is 10.3. The van der Waals surface area contributed by atoms with Crippen molar-refractivity contribution in [3.8, 4) is 0 Å². The van der Waals surface area contributed by atoms with Crippen molar-refractivity contribution in [2.45, 2.75) is 4.83 Å². The Bertz CT molecular complexity index is 266. The average Bonchev–Trinajstić information content (AvgIpc) is 2.03. The molecule has 1 aromatic rings. The Morgan fingerprint density at radius 1 is 1.73 bits per heavy atom.